The standard InChI is InChI=1S/C4H8N2O4/c5-2(1-3(7)8)4(9)6-10/h2,10H,1,5H2,(H,6,9)(H,7,8). The maximum Gasteiger partial charge on any atom is 0.305 e. The van der Waals surface area contributed by atoms with Crippen LogP contribution >= 0.6 is 0 Å². The molecule has 0 rings (SSSR count). The molecule has 1 unspecified atom stereocenters. The van der Waals surface area contributed by atoms with Crippen LogP contribution in [-0.4, -0.2) is 28.2 Å². The molecule has 0 heterocycles. The Bertz CT molecular complexity index is 146. The molecule has 6 nitrogen and oxygen atoms in total. The maximum atomic E-state index is 10.3. The van der Waals surface area contributed by atoms with Crippen molar-refractivity contribution in [2.45, 2.75) is 12.5 Å². The van der Waals surface area contributed by atoms with Crippen LogP contribution in [0.15, 0.2) is 0 Å². The van der Waals surface area contributed by atoms with Crippen LogP contribution in [0.4, 0.5) is 0 Å². The molecule has 10 heavy (non-hydrogen) atoms. The molecule has 1 amide bonds. The van der Waals surface area contributed by atoms with E-state index in [2.05, 4.69) is 0 Å². The number of carboxylic acid groups (broad SMARTS) is 1. The number of carbonyl (C=O) groups is 2. The van der Waals surface area contributed by atoms with Crippen molar-refractivity contribution >= 4 is 11.9 Å². The Morgan fingerprint density at radius 1 is 1.60 bits per heavy atom. The average molecular weight is 148 g/mol. The molecule has 0 saturated heterocycles. The van der Waals surface area contributed by atoms with Crippen molar-refractivity contribution in [3.8, 4) is 0 Å². The first-order valence-corrected chi connectivity index (χ1v) is 2.49. The number of hydrogen-bond donors (Lipinski definition) is 4. The normalized spacial score (nSPS) is 12.2. The smallest absolute Gasteiger partial charge is 0.305 e. The van der Waals surface area contributed by atoms with Crippen molar-refractivity contribution in [3.05, 3.63) is 0 Å². The second-order valence-corrected chi connectivity index (χ2v) is 1.68. The maximum absolute atomic E-state index is 10.3. The molecule has 0 radical (unpaired) electrons. The monoisotopic (exact) mass is 148 g/mol. The van der Waals surface area contributed by atoms with E-state index < -0.39 is 24.3 Å². The number of hydrogen-bond acceptors (Lipinski definition) is 4. The third-order valence-electron chi connectivity index (χ3n) is 0.841. The molecule has 0 aromatic rings. The quantitative estimate of drug-likeness (QED) is 0.281. The molecular weight excluding hydrogens is 140 g/mol. The van der Waals surface area contributed by atoms with Crippen molar-refractivity contribution in [1.29, 1.82) is 0 Å². The molecule has 6 heteroatoms. The van der Waals surface area contributed by atoms with E-state index in [1.807, 2.05) is 0 Å². The second-order valence-electron chi connectivity index (χ2n) is 1.68. The van der Waals surface area contributed by atoms with Gasteiger partial charge in [0, 0.05) is 0 Å². The van der Waals surface area contributed by atoms with Gasteiger partial charge < -0.3 is 10.8 Å². The number of carbonyl (C=O) groups excluding carboxylic acids is 1. The summed E-state index contributed by atoms with van der Waals surface area (Å²) in [6.45, 7) is 0. The van der Waals surface area contributed by atoms with Gasteiger partial charge in [-0.3, -0.25) is 14.8 Å². The Morgan fingerprint density at radius 2 is 2.10 bits per heavy atom. The predicted molar refractivity (Wildman–Crippen MR) is 30.2 cm³/mol. The Labute approximate surface area is 56.6 Å². The molecule has 0 aromatic carbocycles. The van der Waals surface area contributed by atoms with Gasteiger partial charge in [0.2, 0.25) is 0 Å². The number of rotatable bonds is 3. The Morgan fingerprint density at radius 3 is 2.40 bits per heavy atom. The van der Waals surface area contributed by atoms with E-state index in [4.69, 9.17) is 16.0 Å². The fourth-order valence-electron chi connectivity index (χ4n) is 0.364. The minimum Gasteiger partial charge on any atom is -0.481 e. The van der Waals surface area contributed by atoms with Crippen LogP contribution in [0.5, 0.6) is 0 Å². The van der Waals surface area contributed by atoms with Crippen molar-refractivity contribution in [1.82, 2.24) is 5.48 Å². The molecule has 0 aromatic heterocycles. The van der Waals surface area contributed by atoms with Gasteiger partial charge in [-0.25, -0.2) is 5.48 Å². The van der Waals surface area contributed by atoms with Crippen LogP contribution in [0.3, 0.4) is 0 Å². The highest BCUT2D eigenvalue weighted by Gasteiger charge is 2.15. The summed E-state index contributed by atoms with van der Waals surface area (Å²) in [4.78, 5) is 20.2. The van der Waals surface area contributed by atoms with E-state index in [1.54, 1.807) is 0 Å². The van der Waals surface area contributed by atoms with Gasteiger partial charge in [0.05, 0.1) is 12.5 Å². The summed E-state index contributed by atoms with van der Waals surface area (Å²) >= 11 is 0. The van der Waals surface area contributed by atoms with Gasteiger partial charge in [0.15, 0.2) is 0 Å². The molecule has 0 saturated carbocycles. The van der Waals surface area contributed by atoms with Crippen molar-refractivity contribution in [2.24, 2.45) is 5.73 Å². The zero-order valence-electron chi connectivity index (χ0n) is 5.07. The molecule has 0 fully saturated rings. The molecule has 0 aliphatic heterocycles. The zero-order chi connectivity index (χ0) is 8.15. The summed E-state index contributed by atoms with van der Waals surface area (Å²) < 4.78 is 0. The molecule has 0 aliphatic rings. The van der Waals surface area contributed by atoms with E-state index >= 15 is 0 Å². The van der Waals surface area contributed by atoms with E-state index in [1.165, 1.54) is 5.48 Å². The molecule has 0 aliphatic carbocycles. The summed E-state index contributed by atoms with van der Waals surface area (Å²) in [7, 11) is 0. The van der Waals surface area contributed by atoms with Gasteiger partial charge >= 0.3 is 5.97 Å². The van der Waals surface area contributed by atoms with E-state index in [-0.39, 0.29) is 0 Å². The topological polar surface area (TPSA) is 113 Å². The SMILES string of the molecule is NC(CC(=O)O)C(=O)NO. The first-order valence-electron chi connectivity index (χ1n) is 2.49. The first-order chi connectivity index (χ1) is 4.57. The van der Waals surface area contributed by atoms with Crippen molar-refractivity contribution in [3.63, 3.8) is 0 Å². The second kappa shape index (κ2) is 3.80. The van der Waals surface area contributed by atoms with E-state index in [9.17, 15) is 9.59 Å². The van der Waals surface area contributed by atoms with Gasteiger partial charge in [-0.1, -0.05) is 0 Å². The fourth-order valence-corrected chi connectivity index (χ4v) is 0.364. The van der Waals surface area contributed by atoms with Crippen molar-refractivity contribution in [2.75, 3.05) is 0 Å². The van der Waals surface area contributed by atoms with Crippen LogP contribution in [0, 0.1) is 0 Å². The highest BCUT2D eigenvalue weighted by Crippen LogP contribution is 1.86. The van der Waals surface area contributed by atoms with Crippen LogP contribution in [0.1, 0.15) is 6.42 Å². The molecule has 58 valence electrons. The lowest BCUT2D eigenvalue weighted by Crippen LogP contribution is -2.40. The van der Waals surface area contributed by atoms with Crippen molar-refractivity contribution < 1.29 is 19.9 Å². The third kappa shape index (κ3) is 3.00. The Kier molecular flexibility index (Phi) is 3.37. The summed E-state index contributed by atoms with van der Waals surface area (Å²) in [5.74, 6) is -2.08. The highest BCUT2D eigenvalue weighted by molar-refractivity contribution is 5.84. The van der Waals surface area contributed by atoms with E-state index in [0.29, 0.717) is 0 Å². The van der Waals surface area contributed by atoms with Crippen LogP contribution < -0.4 is 11.2 Å². The molecule has 0 spiro atoms. The number of nitrogens with two attached hydrogens (primary N) is 1. The van der Waals surface area contributed by atoms with Gasteiger partial charge in [-0.05, 0) is 0 Å². The summed E-state index contributed by atoms with van der Waals surface area (Å²) in [6, 6.07) is -1.19. The van der Waals surface area contributed by atoms with Crippen LogP contribution in [0.25, 0.3) is 0 Å². The molecule has 1 atom stereocenters. The zero-order valence-corrected chi connectivity index (χ0v) is 5.07. The average Bonchev–Trinajstić information content (AvgIpc) is 1.85. The summed E-state index contributed by atoms with van der Waals surface area (Å²) in [6.07, 6.45) is -0.494. The molecule has 0 bridgehead atoms. The third-order valence-corrected chi connectivity index (χ3v) is 0.841. The lowest BCUT2D eigenvalue weighted by Gasteiger charge is -2.03. The summed E-state index contributed by atoms with van der Waals surface area (Å²) in [5, 5.41) is 16.0. The minimum atomic E-state index is -1.19. The molecular formula is C4H8N2O4. The predicted octanol–water partition coefficient (Wildman–Crippen LogP) is -1.71. The number of carboxylic acids is 1. The summed E-state index contributed by atoms with van der Waals surface area (Å²) in [5.41, 5.74) is 6.22. The fraction of sp³-hybridized carbons (Fsp3) is 0.500. The largest absolute Gasteiger partial charge is 0.481 e. The van der Waals surface area contributed by atoms with Gasteiger partial charge in [-0.15, -0.1) is 0 Å². The first kappa shape index (κ1) is 8.86. The lowest BCUT2D eigenvalue weighted by atomic mass is 10.2. The highest BCUT2D eigenvalue weighted by atomic mass is 16.5. The van der Waals surface area contributed by atoms with Crippen LogP contribution in [0.2, 0.25) is 0 Å². The van der Waals surface area contributed by atoms with Gasteiger partial charge in [0.1, 0.15) is 0 Å². The lowest BCUT2D eigenvalue weighted by molar-refractivity contribution is -0.141. The minimum absolute atomic E-state index is 0.494. The van der Waals surface area contributed by atoms with Crippen LogP contribution in [-0.2, 0) is 9.59 Å². The Balaban J connectivity index is 3.72. The molecule has 5 N–H and O–H groups in total. The number of aliphatic carboxylic acids is 1. The Hall–Kier alpha value is -1.14. The number of hydroxylamine groups is 1. The number of amides is 1. The van der Waals surface area contributed by atoms with Gasteiger partial charge in [0.25, 0.3) is 5.91 Å². The van der Waals surface area contributed by atoms with Gasteiger partial charge in [-0.2, -0.15) is 0 Å². The number of nitrogens with one attached hydrogen (secondary N) is 1. The van der Waals surface area contributed by atoms with E-state index in [0.717, 1.165) is 0 Å².